The van der Waals surface area contributed by atoms with Crippen LogP contribution in [0.15, 0.2) is 24.5 Å². The number of aromatic nitrogens is 1. The number of hydrogen-bond donors (Lipinski definition) is 1. The number of nitrogens with zero attached hydrogens (tertiary/aromatic N) is 1. The first kappa shape index (κ1) is 14.5. The van der Waals surface area contributed by atoms with Crippen molar-refractivity contribution in [2.75, 3.05) is 0 Å². The van der Waals surface area contributed by atoms with Crippen molar-refractivity contribution in [3.63, 3.8) is 0 Å². The Labute approximate surface area is 118 Å². The lowest BCUT2D eigenvalue weighted by atomic mass is 9.63. The van der Waals surface area contributed by atoms with Gasteiger partial charge in [0.05, 0.1) is 0 Å². The van der Waals surface area contributed by atoms with Gasteiger partial charge in [0, 0.05) is 24.5 Å². The van der Waals surface area contributed by atoms with Gasteiger partial charge in [-0.1, -0.05) is 33.8 Å². The van der Waals surface area contributed by atoms with Crippen LogP contribution in [0.3, 0.4) is 0 Å². The largest absolute Gasteiger partial charge is 0.307 e. The quantitative estimate of drug-likeness (QED) is 0.874. The molecule has 0 spiro atoms. The third kappa shape index (κ3) is 4.04. The molecule has 2 heteroatoms. The van der Waals surface area contributed by atoms with E-state index in [1.54, 1.807) is 0 Å². The van der Waals surface area contributed by atoms with E-state index in [4.69, 9.17) is 0 Å². The van der Waals surface area contributed by atoms with Crippen LogP contribution in [0.1, 0.15) is 65.5 Å². The molecular formula is C17H28N2. The zero-order valence-corrected chi connectivity index (χ0v) is 13.0. The second-order valence-electron chi connectivity index (χ2n) is 7.79. The van der Waals surface area contributed by atoms with Gasteiger partial charge in [0.25, 0.3) is 0 Å². The molecule has 0 aromatic carbocycles. The third-order valence-corrected chi connectivity index (χ3v) is 4.23. The van der Waals surface area contributed by atoms with Gasteiger partial charge in [-0.2, -0.15) is 0 Å². The SMILES string of the molecule is C[C@@H](NC1CC(C)(C)CC(C)(C)C1)c1cccnc1. The van der Waals surface area contributed by atoms with Crippen molar-refractivity contribution in [3.05, 3.63) is 30.1 Å². The van der Waals surface area contributed by atoms with E-state index in [1.165, 1.54) is 24.8 Å². The molecule has 106 valence electrons. The van der Waals surface area contributed by atoms with Gasteiger partial charge in [0.2, 0.25) is 0 Å². The number of hydrogen-bond acceptors (Lipinski definition) is 2. The minimum Gasteiger partial charge on any atom is -0.307 e. The Morgan fingerprint density at radius 1 is 1.21 bits per heavy atom. The molecular weight excluding hydrogens is 232 g/mol. The smallest absolute Gasteiger partial charge is 0.0315 e. The first-order valence-corrected chi connectivity index (χ1v) is 7.43. The van der Waals surface area contributed by atoms with Crippen molar-refractivity contribution in [2.45, 2.75) is 66.0 Å². The van der Waals surface area contributed by atoms with Crippen molar-refractivity contribution in [2.24, 2.45) is 10.8 Å². The van der Waals surface area contributed by atoms with Crippen LogP contribution in [0.5, 0.6) is 0 Å². The van der Waals surface area contributed by atoms with E-state index in [-0.39, 0.29) is 0 Å². The normalized spacial score (nSPS) is 24.1. The monoisotopic (exact) mass is 260 g/mol. The van der Waals surface area contributed by atoms with Crippen molar-refractivity contribution in [1.29, 1.82) is 0 Å². The molecule has 1 aliphatic rings. The topological polar surface area (TPSA) is 24.9 Å². The third-order valence-electron chi connectivity index (χ3n) is 4.23. The molecule has 1 aromatic rings. The van der Waals surface area contributed by atoms with Crippen LogP contribution in [0, 0.1) is 10.8 Å². The Bertz CT molecular complexity index is 393. The first-order valence-electron chi connectivity index (χ1n) is 7.43. The van der Waals surface area contributed by atoms with Gasteiger partial charge in [0.15, 0.2) is 0 Å². The number of rotatable bonds is 3. The molecule has 19 heavy (non-hydrogen) atoms. The van der Waals surface area contributed by atoms with E-state index in [0.717, 1.165) is 0 Å². The van der Waals surface area contributed by atoms with E-state index in [2.05, 4.69) is 51.0 Å². The Morgan fingerprint density at radius 3 is 2.37 bits per heavy atom. The Kier molecular flexibility index (Phi) is 4.00. The Hall–Kier alpha value is -0.890. The molecule has 1 atom stereocenters. The summed E-state index contributed by atoms with van der Waals surface area (Å²) in [5.41, 5.74) is 2.16. The summed E-state index contributed by atoms with van der Waals surface area (Å²) in [6.07, 6.45) is 7.65. The maximum Gasteiger partial charge on any atom is 0.0315 e. The van der Waals surface area contributed by atoms with Crippen LogP contribution in [0.4, 0.5) is 0 Å². The van der Waals surface area contributed by atoms with Crippen molar-refractivity contribution < 1.29 is 0 Å². The zero-order chi connectivity index (χ0) is 14.1. The summed E-state index contributed by atoms with van der Waals surface area (Å²) in [5.74, 6) is 0. The highest BCUT2D eigenvalue weighted by atomic mass is 15.0. The fourth-order valence-electron chi connectivity index (χ4n) is 4.05. The predicted molar refractivity (Wildman–Crippen MR) is 81.0 cm³/mol. The first-order chi connectivity index (χ1) is 8.77. The highest BCUT2D eigenvalue weighted by Crippen LogP contribution is 2.46. The lowest BCUT2D eigenvalue weighted by molar-refractivity contribution is 0.0811. The lowest BCUT2D eigenvalue weighted by Crippen LogP contribution is -2.44. The van der Waals surface area contributed by atoms with E-state index in [1.807, 2.05) is 18.5 Å². The van der Waals surface area contributed by atoms with E-state index < -0.39 is 0 Å². The molecule has 1 aromatic heterocycles. The van der Waals surface area contributed by atoms with E-state index in [9.17, 15) is 0 Å². The molecule has 0 radical (unpaired) electrons. The fraction of sp³-hybridized carbons (Fsp3) is 0.706. The maximum atomic E-state index is 4.22. The zero-order valence-electron chi connectivity index (χ0n) is 13.0. The second-order valence-corrected chi connectivity index (χ2v) is 7.79. The molecule has 1 saturated carbocycles. The summed E-state index contributed by atoms with van der Waals surface area (Å²) in [4.78, 5) is 4.22. The van der Waals surface area contributed by atoms with Crippen LogP contribution in [0.2, 0.25) is 0 Å². The van der Waals surface area contributed by atoms with Crippen molar-refractivity contribution >= 4 is 0 Å². The molecule has 1 fully saturated rings. The average Bonchev–Trinajstić information content (AvgIpc) is 2.25. The molecule has 1 heterocycles. The fourth-order valence-corrected chi connectivity index (χ4v) is 4.05. The summed E-state index contributed by atoms with van der Waals surface area (Å²) in [6, 6.07) is 5.16. The molecule has 0 saturated heterocycles. The van der Waals surface area contributed by atoms with Crippen LogP contribution in [0.25, 0.3) is 0 Å². The van der Waals surface area contributed by atoms with Crippen LogP contribution in [-0.4, -0.2) is 11.0 Å². The van der Waals surface area contributed by atoms with Crippen LogP contribution >= 0.6 is 0 Å². The predicted octanol–water partition coefficient (Wildman–Crippen LogP) is 4.34. The maximum absolute atomic E-state index is 4.22. The van der Waals surface area contributed by atoms with Crippen molar-refractivity contribution in [1.82, 2.24) is 10.3 Å². The van der Waals surface area contributed by atoms with E-state index in [0.29, 0.717) is 22.9 Å². The van der Waals surface area contributed by atoms with Crippen molar-refractivity contribution in [3.8, 4) is 0 Å². The van der Waals surface area contributed by atoms with Gasteiger partial charge in [-0.25, -0.2) is 0 Å². The molecule has 0 bridgehead atoms. The van der Waals surface area contributed by atoms with E-state index >= 15 is 0 Å². The van der Waals surface area contributed by atoms with Gasteiger partial charge in [0.1, 0.15) is 0 Å². The summed E-state index contributed by atoms with van der Waals surface area (Å²) in [5, 5.41) is 3.81. The Morgan fingerprint density at radius 2 is 1.84 bits per heavy atom. The molecule has 2 nitrogen and oxygen atoms in total. The number of pyridine rings is 1. The summed E-state index contributed by atoms with van der Waals surface area (Å²) >= 11 is 0. The molecule has 0 aliphatic heterocycles. The number of nitrogens with one attached hydrogen (secondary N) is 1. The second kappa shape index (κ2) is 5.24. The standard InChI is InChI=1S/C17H28N2/c1-13(14-7-6-8-18-11-14)19-15-9-16(2,3)12-17(4,5)10-15/h6-8,11,13,15,19H,9-10,12H2,1-5H3/t13-/m1/s1. The molecule has 0 amide bonds. The van der Waals surface area contributed by atoms with Gasteiger partial charge in [-0.3, -0.25) is 4.98 Å². The van der Waals surface area contributed by atoms with Crippen LogP contribution in [-0.2, 0) is 0 Å². The summed E-state index contributed by atoms with van der Waals surface area (Å²) in [7, 11) is 0. The molecule has 1 aliphatic carbocycles. The van der Waals surface area contributed by atoms with Gasteiger partial charge < -0.3 is 5.32 Å². The highest BCUT2D eigenvalue weighted by molar-refractivity contribution is 5.13. The van der Waals surface area contributed by atoms with Crippen LogP contribution < -0.4 is 5.32 Å². The van der Waals surface area contributed by atoms with Gasteiger partial charge in [-0.05, 0) is 48.6 Å². The van der Waals surface area contributed by atoms with Gasteiger partial charge >= 0.3 is 0 Å². The molecule has 2 rings (SSSR count). The average molecular weight is 260 g/mol. The lowest BCUT2D eigenvalue weighted by Gasteiger charge is -2.46. The minimum atomic E-state index is 0.378. The Balaban J connectivity index is 2.03. The van der Waals surface area contributed by atoms with Gasteiger partial charge in [-0.15, -0.1) is 0 Å². The molecule has 1 N–H and O–H groups in total. The summed E-state index contributed by atoms with van der Waals surface area (Å²) < 4.78 is 0. The summed E-state index contributed by atoms with van der Waals surface area (Å²) in [6.45, 7) is 11.8. The molecule has 0 unspecified atom stereocenters. The minimum absolute atomic E-state index is 0.378. The highest BCUT2D eigenvalue weighted by Gasteiger charge is 2.38.